The zero-order valence-electron chi connectivity index (χ0n) is 12.8. The van der Waals surface area contributed by atoms with Gasteiger partial charge in [0.2, 0.25) is 12.3 Å². The lowest BCUT2D eigenvalue weighted by Crippen LogP contribution is -2.33. The molecule has 0 radical (unpaired) electrons. The van der Waals surface area contributed by atoms with Crippen molar-refractivity contribution in [2.75, 3.05) is 6.54 Å². The Bertz CT molecular complexity index is 400. The first kappa shape index (κ1) is 18.1. The van der Waals surface area contributed by atoms with Gasteiger partial charge in [0.1, 0.15) is 0 Å². The van der Waals surface area contributed by atoms with Crippen LogP contribution in [0.15, 0.2) is 29.0 Å². The standard InChI is InChI=1S/C15H25N3O2/c1-6-16-10-12(2)7-8-18(11-19)14(4)9-13(3)17-15(5)20/h6,10-11,13H,4,7-9H2,1-3,5H3,(H,17,20)/b12-10+,16-6?. The second kappa shape index (κ2) is 9.95. The summed E-state index contributed by atoms with van der Waals surface area (Å²) in [5.41, 5.74) is 1.80. The monoisotopic (exact) mass is 279 g/mol. The van der Waals surface area contributed by atoms with E-state index in [1.54, 1.807) is 17.3 Å². The van der Waals surface area contributed by atoms with Crippen molar-refractivity contribution in [1.82, 2.24) is 10.2 Å². The van der Waals surface area contributed by atoms with Crippen molar-refractivity contribution >= 4 is 18.5 Å². The number of hydrogen-bond donors (Lipinski definition) is 1. The van der Waals surface area contributed by atoms with Gasteiger partial charge in [-0.3, -0.25) is 14.6 Å². The Morgan fingerprint density at radius 3 is 2.60 bits per heavy atom. The molecule has 0 aliphatic carbocycles. The Kier molecular flexibility index (Phi) is 9.00. The molecule has 0 saturated heterocycles. The van der Waals surface area contributed by atoms with Gasteiger partial charge in [0.05, 0.1) is 0 Å². The highest BCUT2D eigenvalue weighted by Gasteiger charge is 2.11. The van der Waals surface area contributed by atoms with Crippen molar-refractivity contribution < 1.29 is 9.59 Å². The van der Waals surface area contributed by atoms with Gasteiger partial charge in [-0.25, -0.2) is 0 Å². The number of aliphatic imine (C=N–C) groups is 1. The van der Waals surface area contributed by atoms with E-state index < -0.39 is 0 Å². The molecule has 0 fully saturated rings. The fourth-order valence-electron chi connectivity index (χ4n) is 1.72. The summed E-state index contributed by atoms with van der Waals surface area (Å²) in [7, 11) is 0. The maximum absolute atomic E-state index is 11.1. The van der Waals surface area contributed by atoms with E-state index in [0.29, 0.717) is 18.7 Å². The first-order valence-electron chi connectivity index (χ1n) is 6.71. The molecule has 0 aromatic rings. The number of carbonyl (C=O) groups is 2. The molecular formula is C15H25N3O2. The Labute approximate surface area is 121 Å². The first-order chi connectivity index (χ1) is 9.40. The van der Waals surface area contributed by atoms with Gasteiger partial charge in [0.25, 0.3) is 0 Å². The zero-order chi connectivity index (χ0) is 15.5. The molecule has 2 amide bonds. The van der Waals surface area contributed by atoms with Crippen LogP contribution in [0.2, 0.25) is 0 Å². The predicted octanol–water partition coefficient (Wildman–Crippen LogP) is 2.26. The van der Waals surface area contributed by atoms with Crippen LogP contribution in [0.3, 0.4) is 0 Å². The number of carbonyl (C=O) groups excluding carboxylic acids is 2. The highest BCUT2D eigenvalue weighted by Crippen LogP contribution is 2.11. The molecule has 0 saturated carbocycles. The topological polar surface area (TPSA) is 61.8 Å². The fourth-order valence-corrected chi connectivity index (χ4v) is 1.72. The SMILES string of the molecule is C=C(CC(C)NC(C)=O)N(C=O)CC/C(C)=C/N=CC. The normalized spacial score (nSPS) is 13.1. The molecule has 0 heterocycles. The molecule has 0 spiro atoms. The van der Waals surface area contributed by atoms with Gasteiger partial charge in [-0.15, -0.1) is 0 Å². The molecule has 0 aliphatic rings. The van der Waals surface area contributed by atoms with Crippen LogP contribution in [0, 0.1) is 0 Å². The van der Waals surface area contributed by atoms with E-state index in [-0.39, 0.29) is 11.9 Å². The molecule has 5 heteroatoms. The summed E-state index contributed by atoms with van der Waals surface area (Å²) in [6.07, 6.45) is 5.57. The summed E-state index contributed by atoms with van der Waals surface area (Å²) < 4.78 is 0. The average Bonchev–Trinajstić information content (AvgIpc) is 2.35. The first-order valence-corrected chi connectivity index (χ1v) is 6.71. The number of nitrogens with zero attached hydrogens (tertiary/aromatic N) is 2. The third kappa shape index (κ3) is 8.24. The maximum atomic E-state index is 11.1. The summed E-state index contributed by atoms with van der Waals surface area (Å²) in [5.74, 6) is -0.0841. The van der Waals surface area contributed by atoms with Crippen molar-refractivity contribution in [3.8, 4) is 0 Å². The molecule has 1 N–H and O–H groups in total. The van der Waals surface area contributed by atoms with Gasteiger partial charge in [0.15, 0.2) is 0 Å². The van der Waals surface area contributed by atoms with E-state index in [1.165, 1.54) is 6.92 Å². The molecule has 0 aliphatic heterocycles. The Morgan fingerprint density at radius 1 is 1.45 bits per heavy atom. The van der Waals surface area contributed by atoms with Gasteiger partial charge < -0.3 is 10.2 Å². The summed E-state index contributed by atoms with van der Waals surface area (Å²) in [6, 6.07) is -0.0382. The van der Waals surface area contributed by atoms with Crippen LogP contribution in [-0.2, 0) is 9.59 Å². The molecule has 0 rings (SSSR count). The third-order valence-electron chi connectivity index (χ3n) is 2.72. The van der Waals surface area contributed by atoms with Crippen molar-refractivity contribution in [2.45, 2.75) is 46.6 Å². The minimum Gasteiger partial charge on any atom is -0.354 e. The summed E-state index contributed by atoms with van der Waals surface area (Å²) in [6.45, 7) is 11.7. The van der Waals surface area contributed by atoms with Gasteiger partial charge in [-0.05, 0) is 27.2 Å². The molecule has 1 unspecified atom stereocenters. The van der Waals surface area contributed by atoms with Crippen LogP contribution in [0.4, 0.5) is 0 Å². The Morgan fingerprint density at radius 2 is 2.10 bits per heavy atom. The van der Waals surface area contributed by atoms with Crippen LogP contribution in [-0.4, -0.2) is 36.0 Å². The summed E-state index contributed by atoms with van der Waals surface area (Å²) >= 11 is 0. The molecule has 0 bridgehead atoms. The van der Waals surface area contributed by atoms with E-state index in [9.17, 15) is 9.59 Å². The van der Waals surface area contributed by atoms with Crippen LogP contribution >= 0.6 is 0 Å². The predicted molar refractivity (Wildman–Crippen MR) is 82.3 cm³/mol. The molecular weight excluding hydrogens is 254 g/mol. The van der Waals surface area contributed by atoms with E-state index >= 15 is 0 Å². The van der Waals surface area contributed by atoms with Gasteiger partial charge >= 0.3 is 0 Å². The van der Waals surface area contributed by atoms with E-state index in [2.05, 4.69) is 16.9 Å². The lowest BCUT2D eigenvalue weighted by molar-refractivity contribution is -0.119. The average molecular weight is 279 g/mol. The minimum atomic E-state index is -0.0841. The largest absolute Gasteiger partial charge is 0.354 e. The lowest BCUT2D eigenvalue weighted by Gasteiger charge is -2.23. The molecule has 0 aromatic heterocycles. The third-order valence-corrected chi connectivity index (χ3v) is 2.72. The van der Waals surface area contributed by atoms with Crippen molar-refractivity contribution in [3.05, 3.63) is 24.0 Å². The molecule has 112 valence electrons. The van der Waals surface area contributed by atoms with E-state index in [1.807, 2.05) is 20.8 Å². The smallest absolute Gasteiger partial charge is 0.217 e. The number of amides is 2. The highest BCUT2D eigenvalue weighted by atomic mass is 16.1. The fraction of sp³-hybridized carbons (Fsp3) is 0.533. The quantitative estimate of drug-likeness (QED) is 0.520. The van der Waals surface area contributed by atoms with E-state index in [4.69, 9.17) is 0 Å². The highest BCUT2D eigenvalue weighted by molar-refractivity contribution is 5.73. The number of hydrogen-bond acceptors (Lipinski definition) is 3. The maximum Gasteiger partial charge on any atom is 0.217 e. The Hall–Kier alpha value is -1.91. The second-order valence-corrected chi connectivity index (χ2v) is 4.80. The van der Waals surface area contributed by atoms with Crippen LogP contribution in [0.5, 0.6) is 0 Å². The summed E-state index contributed by atoms with van der Waals surface area (Å²) in [4.78, 5) is 27.7. The van der Waals surface area contributed by atoms with E-state index in [0.717, 1.165) is 18.4 Å². The van der Waals surface area contributed by atoms with Crippen LogP contribution < -0.4 is 5.32 Å². The number of nitrogens with one attached hydrogen (secondary N) is 1. The second-order valence-electron chi connectivity index (χ2n) is 4.80. The van der Waals surface area contributed by atoms with Crippen LogP contribution in [0.25, 0.3) is 0 Å². The van der Waals surface area contributed by atoms with Crippen molar-refractivity contribution in [3.63, 3.8) is 0 Å². The molecule has 0 aromatic carbocycles. The van der Waals surface area contributed by atoms with Crippen molar-refractivity contribution in [2.24, 2.45) is 4.99 Å². The van der Waals surface area contributed by atoms with Gasteiger partial charge in [0, 0.05) is 44.0 Å². The zero-order valence-corrected chi connectivity index (χ0v) is 12.8. The van der Waals surface area contributed by atoms with Crippen LogP contribution in [0.1, 0.15) is 40.5 Å². The van der Waals surface area contributed by atoms with Gasteiger partial charge in [-0.1, -0.05) is 12.2 Å². The molecule has 1 atom stereocenters. The van der Waals surface area contributed by atoms with Crippen molar-refractivity contribution in [1.29, 1.82) is 0 Å². The molecule has 20 heavy (non-hydrogen) atoms. The Balaban J connectivity index is 4.35. The lowest BCUT2D eigenvalue weighted by atomic mass is 10.1. The number of rotatable bonds is 9. The molecule has 5 nitrogen and oxygen atoms in total. The summed E-state index contributed by atoms with van der Waals surface area (Å²) in [5, 5.41) is 2.77. The minimum absolute atomic E-state index is 0.0382. The van der Waals surface area contributed by atoms with Gasteiger partial charge in [-0.2, -0.15) is 0 Å².